The Labute approximate surface area is 149 Å². The van der Waals surface area contributed by atoms with Crippen molar-refractivity contribution >= 4 is 5.97 Å². The van der Waals surface area contributed by atoms with Gasteiger partial charge in [0.1, 0.15) is 5.60 Å². The molecule has 0 amide bonds. The molecule has 0 aliphatic heterocycles. The van der Waals surface area contributed by atoms with E-state index in [-0.39, 0.29) is 17.0 Å². The second kappa shape index (κ2) is 6.32. The lowest BCUT2D eigenvalue weighted by molar-refractivity contribution is -0.232. The normalized spacial score (nSPS) is 40.8. The van der Waals surface area contributed by atoms with Crippen LogP contribution in [0.25, 0.3) is 0 Å². The van der Waals surface area contributed by atoms with Crippen molar-refractivity contribution in [2.75, 3.05) is 0 Å². The van der Waals surface area contributed by atoms with Crippen molar-refractivity contribution in [2.45, 2.75) is 104 Å². The molecule has 0 heterocycles. The Morgan fingerprint density at radius 3 is 2.21 bits per heavy atom. The van der Waals surface area contributed by atoms with Crippen molar-refractivity contribution in [3.05, 3.63) is 0 Å². The predicted octanol–water partition coefficient (Wildman–Crippen LogP) is 6.13. The Morgan fingerprint density at radius 1 is 1.08 bits per heavy atom. The van der Waals surface area contributed by atoms with Crippen molar-refractivity contribution in [2.24, 2.45) is 28.6 Å². The molecule has 0 aromatic heterocycles. The van der Waals surface area contributed by atoms with E-state index in [0.29, 0.717) is 17.3 Å². The number of hydrogen-bond acceptors (Lipinski definition) is 2. The van der Waals surface area contributed by atoms with Gasteiger partial charge in [0.05, 0.1) is 5.41 Å². The van der Waals surface area contributed by atoms with E-state index in [2.05, 4.69) is 20.8 Å². The number of ether oxygens (including phenoxy) is 1. The van der Waals surface area contributed by atoms with E-state index in [9.17, 15) is 4.79 Å². The first-order valence-electron chi connectivity index (χ1n) is 10.5. The minimum atomic E-state index is -0.351. The zero-order chi connectivity index (χ0) is 17.6. The molecule has 4 aliphatic carbocycles. The standard InChI is InChI=1S/C22H38O2/c1-6-8-9-10-22(24-19(23)20(3,4)7-2)17-11-16-12-18(22)15-21(5,13-16)14-17/h16-18H,6-15H2,1-5H3. The molecule has 0 saturated heterocycles. The molecule has 2 heteroatoms. The van der Waals surface area contributed by atoms with E-state index < -0.39 is 0 Å². The number of esters is 1. The van der Waals surface area contributed by atoms with Crippen molar-refractivity contribution in [1.29, 1.82) is 0 Å². The maximum atomic E-state index is 13.0. The summed E-state index contributed by atoms with van der Waals surface area (Å²) in [5.41, 5.74) is 0.0306. The fourth-order valence-electron chi connectivity index (χ4n) is 6.18. The van der Waals surface area contributed by atoms with Gasteiger partial charge in [-0.1, -0.05) is 33.6 Å². The Balaban J connectivity index is 1.85. The van der Waals surface area contributed by atoms with E-state index in [1.54, 1.807) is 0 Å². The van der Waals surface area contributed by atoms with E-state index in [0.717, 1.165) is 18.8 Å². The monoisotopic (exact) mass is 334 g/mol. The first kappa shape index (κ1) is 18.3. The molecule has 0 spiro atoms. The highest BCUT2D eigenvalue weighted by atomic mass is 16.6. The van der Waals surface area contributed by atoms with Crippen LogP contribution in [0.3, 0.4) is 0 Å². The van der Waals surface area contributed by atoms with Crippen LogP contribution in [-0.4, -0.2) is 11.6 Å². The van der Waals surface area contributed by atoms with Gasteiger partial charge in [-0.2, -0.15) is 0 Å². The molecule has 4 saturated carbocycles. The zero-order valence-electron chi connectivity index (χ0n) is 16.6. The summed E-state index contributed by atoms with van der Waals surface area (Å²) in [5, 5.41) is 0. The molecule has 4 aliphatic rings. The highest BCUT2D eigenvalue weighted by Crippen LogP contribution is 2.65. The number of hydrogen-bond donors (Lipinski definition) is 0. The predicted molar refractivity (Wildman–Crippen MR) is 98.7 cm³/mol. The maximum Gasteiger partial charge on any atom is 0.312 e. The van der Waals surface area contributed by atoms with Gasteiger partial charge in [-0.05, 0) is 88.4 Å². The summed E-state index contributed by atoms with van der Waals surface area (Å²) in [6, 6.07) is 0. The highest BCUT2D eigenvalue weighted by molar-refractivity contribution is 5.76. The average Bonchev–Trinajstić information content (AvgIpc) is 2.50. The molecule has 2 unspecified atom stereocenters. The third kappa shape index (κ3) is 3.03. The van der Waals surface area contributed by atoms with E-state index in [4.69, 9.17) is 4.74 Å². The Morgan fingerprint density at radius 2 is 1.71 bits per heavy atom. The number of carbonyl (C=O) groups excluding carboxylic acids is 1. The molecule has 4 fully saturated rings. The van der Waals surface area contributed by atoms with Crippen LogP contribution in [0.15, 0.2) is 0 Å². The van der Waals surface area contributed by atoms with Crippen LogP contribution in [0.4, 0.5) is 0 Å². The lowest BCUT2D eigenvalue weighted by atomic mass is 9.44. The molecular weight excluding hydrogens is 296 g/mol. The Kier molecular flexibility index (Phi) is 4.81. The molecule has 4 bridgehead atoms. The molecule has 2 atom stereocenters. The van der Waals surface area contributed by atoms with Gasteiger partial charge in [0, 0.05) is 0 Å². The van der Waals surface area contributed by atoms with Gasteiger partial charge in [0.15, 0.2) is 0 Å². The summed E-state index contributed by atoms with van der Waals surface area (Å²) in [6.45, 7) is 10.9. The Bertz CT molecular complexity index is 462. The summed E-state index contributed by atoms with van der Waals surface area (Å²) in [5.74, 6) is 2.17. The highest BCUT2D eigenvalue weighted by Gasteiger charge is 2.62. The van der Waals surface area contributed by atoms with Crippen LogP contribution in [0.2, 0.25) is 0 Å². The van der Waals surface area contributed by atoms with Gasteiger partial charge < -0.3 is 4.74 Å². The van der Waals surface area contributed by atoms with Crippen LogP contribution in [0.1, 0.15) is 98.8 Å². The summed E-state index contributed by atoms with van der Waals surface area (Å²) in [6.07, 6.45) is 12.3. The van der Waals surface area contributed by atoms with Crippen LogP contribution in [0, 0.1) is 28.6 Å². The van der Waals surface area contributed by atoms with Gasteiger partial charge in [-0.25, -0.2) is 0 Å². The lowest BCUT2D eigenvalue weighted by Crippen LogP contribution is -2.62. The molecule has 24 heavy (non-hydrogen) atoms. The fourth-order valence-corrected chi connectivity index (χ4v) is 6.18. The number of rotatable bonds is 7. The van der Waals surface area contributed by atoms with Crippen molar-refractivity contribution < 1.29 is 9.53 Å². The fraction of sp³-hybridized carbons (Fsp3) is 0.955. The van der Waals surface area contributed by atoms with Crippen molar-refractivity contribution in [1.82, 2.24) is 0 Å². The second-order valence-corrected chi connectivity index (χ2v) is 10.2. The molecule has 0 aromatic rings. The molecule has 0 radical (unpaired) electrons. The SMILES string of the molecule is CCCCCC1(OC(=O)C(C)(C)CC)C2CC3CC1CC(C)(C3)C2. The summed E-state index contributed by atoms with van der Waals surface area (Å²) in [4.78, 5) is 13.0. The van der Waals surface area contributed by atoms with Crippen LogP contribution in [0.5, 0.6) is 0 Å². The van der Waals surface area contributed by atoms with Gasteiger partial charge in [0.2, 0.25) is 0 Å². The van der Waals surface area contributed by atoms with Crippen molar-refractivity contribution in [3.63, 3.8) is 0 Å². The van der Waals surface area contributed by atoms with Gasteiger partial charge in [-0.3, -0.25) is 4.79 Å². The summed E-state index contributed by atoms with van der Waals surface area (Å²) < 4.78 is 6.52. The Hall–Kier alpha value is -0.530. The molecular formula is C22H38O2. The molecule has 0 aromatic carbocycles. The van der Waals surface area contributed by atoms with E-state index in [1.807, 2.05) is 13.8 Å². The van der Waals surface area contributed by atoms with E-state index in [1.165, 1.54) is 51.4 Å². The minimum absolute atomic E-state index is 0.0547. The van der Waals surface area contributed by atoms with Crippen molar-refractivity contribution in [3.8, 4) is 0 Å². The zero-order valence-corrected chi connectivity index (χ0v) is 16.6. The van der Waals surface area contributed by atoms with Crippen LogP contribution in [-0.2, 0) is 9.53 Å². The first-order valence-corrected chi connectivity index (χ1v) is 10.5. The average molecular weight is 335 g/mol. The molecule has 2 nitrogen and oxygen atoms in total. The molecule has 4 rings (SSSR count). The van der Waals surface area contributed by atoms with Crippen LogP contribution >= 0.6 is 0 Å². The molecule has 138 valence electrons. The third-order valence-electron chi connectivity index (χ3n) is 7.77. The first-order chi connectivity index (χ1) is 11.2. The van der Waals surface area contributed by atoms with Crippen LogP contribution < -0.4 is 0 Å². The lowest BCUT2D eigenvalue weighted by Gasteiger charge is -2.64. The molecule has 0 N–H and O–H groups in total. The minimum Gasteiger partial charge on any atom is -0.458 e. The van der Waals surface area contributed by atoms with E-state index >= 15 is 0 Å². The summed E-state index contributed by atoms with van der Waals surface area (Å²) in [7, 11) is 0. The van der Waals surface area contributed by atoms with Gasteiger partial charge in [0.25, 0.3) is 0 Å². The number of unbranched alkanes of at least 4 members (excludes halogenated alkanes) is 2. The quantitative estimate of drug-likeness (QED) is 0.413. The van der Waals surface area contributed by atoms with Gasteiger partial charge >= 0.3 is 5.97 Å². The second-order valence-electron chi connectivity index (χ2n) is 10.2. The third-order valence-corrected chi connectivity index (χ3v) is 7.77. The maximum absolute atomic E-state index is 13.0. The summed E-state index contributed by atoms with van der Waals surface area (Å²) >= 11 is 0. The topological polar surface area (TPSA) is 26.3 Å². The smallest absolute Gasteiger partial charge is 0.312 e. The van der Waals surface area contributed by atoms with Gasteiger partial charge in [-0.15, -0.1) is 0 Å². The largest absolute Gasteiger partial charge is 0.458 e. The number of carbonyl (C=O) groups is 1.